The number of hydrogen-bond acceptors (Lipinski definition) is 5. The van der Waals surface area contributed by atoms with E-state index in [1.165, 1.54) is 18.5 Å². The minimum atomic E-state index is -0.334. The van der Waals surface area contributed by atoms with Crippen molar-refractivity contribution in [2.75, 3.05) is 23.1 Å². The molecular formula is C22H18FN5OS. The van der Waals surface area contributed by atoms with E-state index in [0.717, 1.165) is 28.0 Å². The molecule has 0 bridgehead atoms. The Morgan fingerprint density at radius 1 is 0.900 bits per heavy atom. The van der Waals surface area contributed by atoms with Crippen LogP contribution >= 0.6 is 12.2 Å². The van der Waals surface area contributed by atoms with Crippen molar-refractivity contribution in [3.8, 4) is 5.75 Å². The first kappa shape index (κ1) is 19.5. The number of halogens is 1. The summed E-state index contributed by atoms with van der Waals surface area (Å²) < 4.78 is 18.6. The highest BCUT2D eigenvalue weighted by Gasteiger charge is 2.07. The van der Waals surface area contributed by atoms with Gasteiger partial charge in [-0.15, -0.1) is 0 Å². The molecule has 0 amide bonds. The van der Waals surface area contributed by atoms with Crippen molar-refractivity contribution in [2.45, 2.75) is 0 Å². The van der Waals surface area contributed by atoms with Crippen LogP contribution in [-0.4, -0.2) is 22.2 Å². The van der Waals surface area contributed by atoms with E-state index >= 15 is 0 Å². The molecule has 0 aliphatic carbocycles. The van der Waals surface area contributed by atoms with Gasteiger partial charge in [0.1, 0.15) is 23.7 Å². The lowest BCUT2D eigenvalue weighted by Gasteiger charge is -2.13. The van der Waals surface area contributed by atoms with Crippen molar-refractivity contribution in [2.24, 2.45) is 0 Å². The van der Waals surface area contributed by atoms with E-state index < -0.39 is 0 Å². The van der Waals surface area contributed by atoms with E-state index in [9.17, 15) is 4.39 Å². The fourth-order valence-electron chi connectivity index (χ4n) is 2.93. The number of nitrogens with one attached hydrogen (secondary N) is 3. The summed E-state index contributed by atoms with van der Waals surface area (Å²) in [5.41, 5.74) is 2.94. The van der Waals surface area contributed by atoms with Gasteiger partial charge in [0, 0.05) is 28.5 Å². The molecule has 0 spiro atoms. The summed E-state index contributed by atoms with van der Waals surface area (Å²) in [6.07, 6.45) is 1.51. The first-order valence-corrected chi connectivity index (χ1v) is 9.51. The predicted molar refractivity (Wildman–Crippen MR) is 122 cm³/mol. The van der Waals surface area contributed by atoms with Crippen molar-refractivity contribution < 1.29 is 9.13 Å². The van der Waals surface area contributed by atoms with Gasteiger partial charge in [-0.05, 0) is 60.7 Å². The Kier molecular flexibility index (Phi) is 5.67. The van der Waals surface area contributed by atoms with Crippen molar-refractivity contribution in [1.82, 2.24) is 9.97 Å². The Morgan fingerprint density at radius 2 is 1.67 bits per heavy atom. The minimum absolute atomic E-state index is 0.334. The number of anilines is 4. The Balaban J connectivity index is 1.56. The number of fused-ring (bicyclic) bond motifs is 1. The molecule has 150 valence electrons. The van der Waals surface area contributed by atoms with E-state index in [4.69, 9.17) is 17.0 Å². The molecule has 1 aromatic heterocycles. The summed E-state index contributed by atoms with van der Waals surface area (Å²) in [7, 11) is 1.62. The quantitative estimate of drug-likeness (QED) is 0.378. The number of benzene rings is 3. The average molecular weight is 419 g/mol. The topological polar surface area (TPSA) is 71.1 Å². The molecule has 1 heterocycles. The third-order valence-electron chi connectivity index (χ3n) is 4.31. The molecule has 3 aromatic carbocycles. The van der Waals surface area contributed by atoms with Crippen molar-refractivity contribution in [1.29, 1.82) is 0 Å². The molecule has 4 rings (SSSR count). The average Bonchev–Trinajstić information content (AvgIpc) is 2.74. The molecule has 0 atom stereocenters. The molecular weight excluding hydrogens is 401 g/mol. The summed E-state index contributed by atoms with van der Waals surface area (Å²) in [5, 5.41) is 10.5. The fraction of sp³-hybridized carbons (Fsp3) is 0.0455. The van der Waals surface area contributed by atoms with E-state index in [2.05, 4.69) is 25.9 Å². The SMILES string of the molecule is COc1cccc(Nc2ncnc3ccc(NC(=S)Nc4cccc(F)c4)cc23)c1. The molecule has 0 fully saturated rings. The molecule has 0 aliphatic heterocycles. The van der Waals surface area contributed by atoms with Crippen molar-refractivity contribution in [3.63, 3.8) is 0 Å². The second-order valence-electron chi connectivity index (χ2n) is 6.40. The summed E-state index contributed by atoms with van der Waals surface area (Å²) in [5.74, 6) is 1.06. The number of hydrogen-bond donors (Lipinski definition) is 3. The molecule has 0 saturated heterocycles. The van der Waals surface area contributed by atoms with Crippen molar-refractivity contribution in [3.05, 3.63) is 78.9 Å². The first-order valence-electron chi connectivity index (χ1n) is 9.10. The Hall–Kier alpha value is -3.78. The summed E-state index contributed by atoms with van der Waals surface area (Å²) in [4.78, 5) is 8.70. The van der Waals surface area contributed by atoms with Gasteiger partial charge in [-0.2, -0.15) is 0 Å². The second kappa shape index (κ2) is 8.71. The largest absolute Gasteiger partial charge is 0.497 e. The third-order valence-corrected chi connectivity index (χ3v) is 4.51. The van der Waals surface area contributed by atoms with Crippen LogP contribution in [0.3, 0.4) is 0 Å². The molecule has 6 nitrogen and oxygen atoms in total. The monoisotopic (exact) mass is 419 g/mol. The molecule has 0 saturated carbocycles. The number of rotatable bonds is 5. The van der Waals surface area contributed by atoms with Crippen LogP contribution in [-0.2, 0) is 0 Å². The zero-order chi connectivity index (χ0) is 20.9. The lowest BCUT2D eigenvalue weighted by Crippen LogP contribution is -2.19. The highest BCUT2D eigenvalue weighted by molar-refractivity contribution is 7.80. The summed E-state index contributed by atoms with van der Waals surface area (Å²) in [6, 6.07) is 19.3. The lowest BCUT2D eigenvalue weighted by atomic mass is 10.2. The third kappa shape index (κ3) is 4.61. The van der Waals surface area contributed by atoms with E-state index in [0.29, 0.717) is 16.6 Å². The molecule has 30 heavy (non-hydrogen) atoms. The maximum absolute atomic E-state index is 13.4. The van der Waals surface area contributed by atoms with Gasteiger partial charge in [0.05, 0.1) is 12.6 Å². The number of nitrogens with zero attached hydrogens (tertiary/aromatic N) is 2. The zero-order valence-electron chi connectivity index (χ0n) is 16.0. The number of aromatic nitrogens is 2. The number of ether oxygens (including phenoxy) is 1. The van der Waals surface area contributed by atoms with E-state index in [-0.39, 0.29) is 5.82 Å². The zero-order valence-corrected chi connectivity index (χ0v) is 16.8. The Bertz CT molecular complexity index is 1220. The molecule has 4 aromatic rings. The number of thiocarbonyl (C=S) groups is 1. The van der Waals surface area contributed by atoms with E-state index in [1.54, 1.807) is 19.2 Å². The maximum atomic E-state index is 13.4. The van der Waals surface area contributed by atoms with Gasteiger partial charge in [0.25, 0.3) is 0 Å². The van der Waals surface area contributed by atoms with Gasteiger partial charge in [-0.25, -0.2) is 14.4 Å². The van der Waals surface area contributed by atoms with Gasteiger partial charge >= 0.3 is 0 Å². The standard InChI is InChI=1S/C22H18FN5OS/c1-29-18-7-3-6-16(11-18)26-21-19-12-17(8-9-20(19)24-13-25-21)28-22(30)27-15-5-2-4-14(23)10-15/h2-13H,1H3,(H,24,25,26)(H2,27,28,30). The van der Waals surface area contributed by atoms with Crippen LogP contribution in [0.5, 0.6) is 5.75 Å². The molecule has 8 heteroatoms. The highest BCUT2D eigenvalue weighted by atomic mass is 32.1. The van der Waals surface area contributed by atoms with Crippen LogP contribution < -0.4 is 20.7 Å². The van der Waals surface area contributed by atoms with Gasteiger partial charge < -0.3 is 20.7 Å². The van der Waals surface area contributed by atoms with Crippen molar-refractivity contribution >= 4 is 51.1 Å². The second-order valence-corrected chi connectivity index (χ2v) is 6.81. The van der Waals surface area contributed by atoms with Crippen LogP contribution in [0.15, 0.2) is 73.1 Å². The summed E-state index contributed by atoms with van der Waals surface area (Å²) >= 11 is 5.34. The van der Waals surface area contributed by atoms with E-state index in [1.807, 2.05) is 42.5 Å². The van der Waals surface area contributed by atoms with Gasteiger partial charge in [0.15, 0.2) is 5.11 Å². The first-order chi connectivity index (χ1) is 14.6. The smallest absolute Gasteiger partial charge is 0.175 e. The fourth-order valence-corrected chi connectivity index (χ4v) is 3.17. The molecule has 0 unspecified atom stereocenters. The van der Waals surface area contributed by atoms with Crippen LogP contribution in [0.1, 0.15) is 0 Å². The predicted octanol–water partition coefficient (Wildman–Crippen LogP) is 5.33. The van der Waals surface area contributed by atoms with Gasteiger partial charge in [-0.3, -0.25) is 0 Å². The molecule has 0 radical (unpaired) electrons. The summed E-state index contributed by atoms with van der Waals surface area (Å²) in [6.45, 7) is 0. The van der Waals surface area contributed by atoms with Crippen LogP contribution in [0.2, 0.25) is 0 Å². The van der Waals surface area contributed by atoms with Crippen LogP contribution in [0, 0.1) is 5.82 Å². The lowest BCUT2D eigenvalue weighted by molar-refractivity contribution is 0.415. The minimum Gasteiger partial charge on any atom is -0.497 e. The van der Waals surface area contributed by atoms with Gasteiger partial charge in [0.2, 0.25) is 0 Å². The highest BCUT2D eigenvalue weighted by Crippen LogP contribution is 2.27. The van der Waals surface area contributed by atoms with Crippen LogP contribution in [0.25, 0.3) is 10.9 Å². The van der Waals surface area contributed by atoms with Gasteiger partial charge in [-0.1, -0.05) is 12.1 Å². The molecule has 0 aliphatic rings. The Morgan fingerprint density at radius 3 is 2.47 bits per heavy atom. The molecule has 3 N–H and O–H groups in total. The van der Waals surface area contributed by atoms with Crippen LogP contribution in [0.4, 0.5) is 27.3 Å². The maximum Gasteiger partial charge on any atom is 0.175 e. The normalized spacial score (nSPS) is 10.5. The Labute approximate surface area is 178 Å². The number of methoxy groups -OCH3 is 1.